The molecule has 0 atom stereocenters. The molecule has 0 bridgehead atoms. The van der Waals surface area contributed by atoms with Crippen molar-refractivity contribution in [1.29, 1.82) is 0 Å². The van der Waals surface area contributed by atoms with Crippen LogP contribution < -0.4 is 10.5 Å². The van der Waals surface area contributed by atoms with E-state index in [4.69, 9.17) is 22.1 Å². The summed E-state index contributed by atoms with van der Waals surface area (Å²) in [7, 11) is 0. The van der Waals surface area contributed by atoms with Crippen LogP contribution in [-0.2, 0) is 13.2 Å². The van der Waals surface area contributed by atoms with E-state index in [0.29, 0.717) is 16.1 Å². The summed E-state index contributed by atoms with van der Waals surface area (Å²) in [6.45, 7) is 0.153. The largest absolute Gasteiger partial charge is 0.482 e. The first-order valence-corrected chi connectivity index (χ1v) is 6.43. The number of hydrogen-bond acceptors (Lipinski definition) is 4. The topological polar surface area (TPSA) is 78.4 Å². The summed E-state index contributed by atoms with van der Waals surface area (Å²) in [5.41, 5.74) is 6.42. The second kappa shape index (κ2) is 6.51. The van der Waals surface area contributed by atoms with Gasteiger partial charge in [0.25, 0.3) is 0 Å². The summed E-state index contributed by atoms with van der Waals surface area (Å²) in [6, 6.07) is 8.22. The van der Waals surface area contributed by atoms with Crippen LogP contribution in [0.4, 0.5) is 10.1 Å². The number of nitrogens with zero attached hydrogens (tertiary/aromatic N) is 1. The molecule has 0 unspecified atom stereocenters. The predicted molar refractivity (Wildman–Crippen MR) is 76.7 cm³/mol. The summed E-state index contributed by atoms with van der Waals surface area (Å²) in [6.07, 6.45) is 0. The second-order valence-corrected chi connectivity index (χ2v) is 4.69. The molecule has 0 aliphatic heterocycles. The fraction of sp³-hybridized carbons (Fsp3) is 0.143. The van der Waals surface area contributed by atoms with E-state index in [1.54, 1.807) is 6.07 Å². The molecule has 0 heterocycles. The van der Waals surface area contributed by atoms with Crippen molar-refractivity contribution in [2.24, 2.45) is 5.73 Å². The lowest BCUT2D eigenvalue weighted by molar-refractivity contribution is -0.386. The van der Waals surface area contributed by atoms with Crippen LogP contribution in [-0.4, -0.2) is 4.92 Å². The summed E-state index contributed by atoms with van der Waals surface area (Å²) in [5, 5.41) is 11.3. The van der Waals surface area contributed by atoms with E-state index in [0.717, 1.165) is 0 Å². The van der Waals surface area contributed by atoms with E-state index in [9.17, 15) is 14.5 Å². The van der Waals surface area contributed by atoms with E-state index >= 15 is 0 Å². The van der Waals surface area contributed by atoms with Gasteiger partial charge in [0.15, 0.2) is 5.75 Å². The summed E-state index contributed by atoms with van der Waals surface area (Å²) < 4.78 is 18.6. The van der Waals surface area contributed by atoms with Gasteiger partial charge in [0.1, 0.15) is 12.4 Å². The standard InChI is InChI=1S/C14H12ClFN2O3/c15-12-3-2-11(16)6-10(12)8-21-14-5-9(7-17)1-4-13(14)18(19)20/h1-6H,7-8,17H2. The third kappa shape index (κ3) is 3.68. The van der Waals surface area contributed by atoms with Crippen molar-refractivity contribution >= 4 is 17.3 Å². The number of benzene rings is 2. The third-order valence-corrected chi connectivity index (χ3v) is 3.22. The first-order chi connectivity index (χ1) is 10.0. The van der Waals surface area contributed by atoms with Crippen LogP contribution in [0.3, 0.4) is 0 Å². The average molecular weight is 311 g/mol. The fourth-order valence-corrected chi connectivity index (χ4v) is 1.93. The molecule has 110 valence electrons. The Bertz CT molecular complexity index is 679. The molecular weight excluding hydrogens is 299 g/mol. The first-order valence-electron chi connectivity index (χ1n) is 6.05. The number of hydrogen-bond donors (Lipinski definition) is 1. The highest BCUT2D eigenvalue weighted by atomic mass is 35.5. The quantitative estimate of drug-likeness (QED) is 0.678. The van der Waals surface area contributed by atoms with Crippen LogP contribution >= 0.6 is 11.6 Å². The zero-order valence-corrected chi connectivity index (χ0v) is 11.6. The normalized spacial score (nSPS) is 10.4. The number of rotatable bonds is 5. The highest BCUT2D eigenvalue weighted by molar-refractivity contribution is 6.31. The van der Waals surface area contributed by atoms with Gasteiger partial charge in [0, 0.05) is 23.2 Å². The van der Waals surface area contributed by atoms with Crippen molar-refractivity contribution in [3.63, 3.8) is 0 Å². The molecule has 2 aromatic carbocycles. The number of nitrogens with two attached hydrogens (primary N) is 1. The third-order valence-electron chi connectivity index (χ3n) is 2.85. The molecule has 0 radical (unpaired) electrons. The summed E-state index contributed by atoms with van der Waals surface area (Å²) >= 11 is 5.92. The highest BCUT2D eigenvalue weighted by Gasteiger charge is 2.16. The highest BCUT2D eigenvalue weighted by Crippen LogP contribution is 2.29. The zero-order chi connectivity index (χ0) is 15.4. The monoisotopic (exact) mass is 310 g/mol. The predicted octanol–water partition coefficient (Wildman–Crippen LogP) is 3.43. The number of nitro groups is 1. The van der Waals surface area contributed by atoms with Gasteiger partial charge in [-0.25, -0.2) is 4.39 Å². The molecule has 0 spiro atoms. The van der Waals surface area contributed by atoms with E-state index in [1.165, 1.54) is 30.3 Å². The molecule has 0 saturated heterocycles. The Morgan fingerprint density at radius 1 is 1.29 bits per heavy atom. The van der Waals surface area contributed by atoms with Gasteiger partial charge in [-0.05, 0) is 29.8 Å². The Morgan fingerprint density at radius 2 is 2.05 bits per heavy atom. The minimum Gasteiger partial charge on any atom is -0.482 e. The smallest absolute Gasteiger partial charge is 0.310 e. The molecule has 0 saturated carbocycles. The Morgan fingerprint density at radius 3 is 2.71 bits per heavy atom. The van der Waals surface area contributed by atoms with Gasteiger partial charge < -0.3 is 10.5 Å². The van der Waals surface area contributed by atoms with Crippen LogP contribution in [0.2, 0.25) is 5.02 Å². The van der Waals surface area contributed by atoms with Crippen molar-refractivity contribution in [3.8, 4) is 5.75 Å². The molecule has 7 heteroatoms. The lowest BCUT2D eigenvalue weighted by Gasteiger charge is -2.09. The maximum Gasteiger partial charge on any atom is 0.310 e. The first kappa shape index (κ1) is 15.2. The van der Waals surface area contributed by atoms with Gasteiger partial charge in [-0.15, -0.1) is 0 Å². The van der Waals surface area contributed by atoms with Crippen molar-refractivity contribution in [1.82, 2.24) is 0 Å². The van der Waals surface area contributed by atoms with Gasteiger partial charge in [0.2, 0.25) is 0 Å². The van der Waals surface area contributed by atoms with Gasteiger partial charge in [-0.3, -0.25) is 10.1 Å². The molecule has 5 nitrogen and oxygen atoms in total. The van der Waals surface area contributed by atoms with Crippen molar-refractivity contribution in [3.05, 3.63) is 68.5 Å². The molecule has 0 aliphatic rings. The maximum atomic E-state index is 13.2. The molecule has 2 aromatic rings. The second-order valence-electron chi connectivity index (χ2n) is 4.29. The molecule has 0 aromatic heterocycles. The van der Waals surface area contributed by atoms with Gasteiger partial charge in [-0.2, -0.15) is 0 Å². The summed E-state index contributed by atoms with van der Waals surface area (Å²) in [5.74, 6) is -0.383. The van der Waals surface area contributed by atoms with Gasteiger partial charge in [0.05, 0.1) is 4.92 Å². The van der Waals surface area contributed by atoms with Crippen LogP contribution in [0.25, 0.3) is 0 Å². The molecule has 2 rings (SSSR count). The van der Waals surface area contributed by atoms with Crippen LogP contribution in [0, 0.1) is 15.9 Å². The Balaban J connectivity index is 2.26. The minimum atomic E-state index is -0.553. The minimum absolute atomic E-state index is 0.0725. The van der Waals surface area contributed by atoms with Crippen molar-refractivity contribution < 1.29 is 14.1 Å². The van der Waals surface area contributed by atoms with Crippen LogP contribution in [0.5, 0.6) is 5.75 Å². The molecule has 0 amide bonds. The molecule has 0 aliphatic carbocycles. The Kier molecular flexibility index (Phi) is 4.72. The molecule has 2 N–H and O–H groups in total. The maximum absolute atomic E-state index is 13.2. The number of ether oxygens (including phenoxy) is 1. The van der Waals surface area contributed by atoms with Gasteiger partial charge >= 0.3 is 5.69 Å². The van der Waals surface area contributed by atoms with Crippen LogP contribution in [0.15, 0.2) is 36.4 Å². The lowest BCUT2D eigenvalue weighted by Crippen LogP contribution is -2.03. The van der Waals surface area contributed by atoms with Gasteiger partial charge in [-0.1, -0.05) is 17.7 Å². The molecule has 0 fully saturated rings. The Labute approximate surface area is 125 Å². The Hall–Kier alpha value is -2.18. The molecule has 21 heavy (non-hydrogen) atoms. The van der Waals surface area contributed by atoms with E-state index < -0.39 is 10.7 Å². The lowest BCUT2D eigenvalue weighted by atomic mass is 10.2. The van der Waals surface area contributed by atoms with E-state index in [-0.39, 0.29) is 24.6 Å². The van der Waals surface area contributed by atoms with Crippen molar-refractivity contribution in [2.45, 2.75) is 13.2 Å². The molecular formula is C14H12ClFN2O3. The summed E-state index contributed by atoms with van der Waals surface area (Å²) in [4.78, 5) is 10.4. The average Bonchev–Trinajstić information content (AvgIpc) is 2.47. The number of halogens is 2. The SMILES string of the molecule is NCc1ccc([N+](=O)[O-])c(OCc2cc(F)ccc2Cl)c1. The number of nitro benzene ring substituents is 1. The van der Waals surface area contributed by atoms with Crippen LogP contribution in [0.1, 0.15) is 11.1 Å². The van der Waals surface area contributed by atoms with E-state index in [1.807, 2.05) is 0 Å². The van der Waals surface area contributed by atoms with E-state index in [2.05, 4.69) is 0 Å². The zero-order valence-electron chi connectivity index (χ0n) is 10.9. The fourth-order valence-electron chi connectivity index (χ4n) is 1.76. The van der Waals surface area contributed by atoms with Crippen molar-refractivity contribution in [2.75, 3.05) is 0 Å².